The first kappa shape index (κ1) is 12.0. The monoisotopic (exact) mass is 179 g/mol. The summed E-state index contributed by atoms with van der Waals surface area (Å²) in [7, 11) is 0. The molecule has 0 rings (SSSR count). The lowest BCUT2D eigenvalue weighted by molar-refractivity contribution is 0.700. The van der Waals surface area contributed by atoms with Crippen LogP contribution < -0.4 is 5.32 Å². The summed E-state index contributed by atoms with van der Waals surface area (Å²) in [5, 5.41) is 3.25. The van der Waals surface area contributed by atoms with Crippen molar-refractivity contribution in [1.82, 2.24) is 5.32 Å². The minimum Gasteiger partial charge on any atom is -0.389 e. The molecule has 0 aromatic rings. The predicted molar refractivity (Wildman–Crippen MR) is 60.6 cm³/mol. The van der Waals surface area contributed by atoms with Crippen molar-refractivity contribution in [3.05, 3.63) is 35.6 Å². The molecule has 0 aromatic heterocycles. The van der Waals surface area contributed by atoms with Crippen LogP contribution in [0, 0.1) is 0 Å². The van der Waals surface area contributed by atoms with Crippen LogP contribution in [0.15, 0.2) is 35.6 Å². The molecule has 1 heteroatoms. The minimum atomic E-state index is 0.506. The highest BCUT2D eigenvalue weighted by atomic mass is 14.9. The van der Waals surface area contributed by atoms with Crippen LogP contribution >= 0.6 is 0 Å². The Balaban J connectivity index is 4.06. The summed E-state index contributed by atoms with van der Waals surface area (Å²) in [6.07, 6.45) is 8.38. The molecular formula is C12H21N. The lowest BCUT2D eigenvalue weighted by atomic mass is 10.2. The Bertz CT molecular complexity index is 219. The second-order valence-corrected chi connectivity index (χ2v) is 3.58. The molecule has 0 unspecified atom stereocenters. The third-order valence-corrected chi connectivity index (χ3v) is 1.71. The second-order valence-electron chi connectivity index (χ2n) is 3.58. The van der Waals surface area contributed by atoms with Gasteiger partial charge in [0.25, 0.3) is 0 Å². The third kappa shape index (κ3) is 7.38. The van der Waals surface area contributed by atoms with E-state index in [9.17, 15) is 0 Å². The highest BCUT2D eigenvalue weighted by Crippen LogP contribution is 1.99. The molecule has 0 spiro atoms. The van der Waals surface area contributed by atoms with Crippen LogP contribution in [-0.4, -0.2) is 6.04 Å². The van der Waals surface area contributed by atoms with Crippen LogP contribution in [0.3, 0.4) is 0 Å². The molecule has 13 heavy (non-hydrogen) atoms. The Morgan fingerprint density at radius 3 is 2.08 bits per heavy atom. The average Bonchev–Trinajstić information content (AvgIpc) is 2.10. The summed E-state index contributed by atoms with van der Waals surface area (Å²) in [4.78, 5) is 0. The molecule has 74 valence electrons. The first-order valence-electron chi connectivity index (χ1n) is 4.80. The van der Waals surface area contributed by atoms with E-state index in [-0.39, 0.29) is 0 Å². The van der Waals surface area contributed by atoms with E-state index in [2.05, 4.69) is 51.2 Å². The van der Waals surface area contributed by atoms with Gasteiger partial charge in [-0.25, -0.2) is 0 Å². The molecule has 0 saturated carbocycles. The van der Waals surface area contributed by atoms with Crippen molar-refractivity contribution in [2.24, 2.45) is 0 Å². The number of hydrogen-bond acceptors (Lipinski definition) is 1. The summed E-state index contributed by atoms with van der Waals surface area (Å²) in [5.41, 5.74) is 2.53. The van der Waals surface area contributed by atoms with Gasteiger partial charge in [-0.1, -0.05) is 23.8 Å². The highest BCUT2D eigenvalue weighted by Gasteiger charge is 1.86. The van der Waals surface area contributed by atoms with Gasteiger partial charge in [-0.3, -0.25) is 0 Å². The van der Waals surface area contributed by atoms with Crippen molar-refractivity contribution in [1.29, 1.82) is 0 Å². The maximum Gasteiger partial charge on any atom is 0.0199 e. The fourth-order valence-electron chi connectivity index (χ4n) is 0.705. The quantitative estimate of drug-likeness (QED) is 0.652. The summed E-state index contributed by atoms with van der Waals surface area (Å²) < 4.78 is 0. The van der Waals surface area contributed by atoms with Gasteiger partial charge in [-0.05, 0) is 46.4 Å². The predicted octanol–water partition coefficient (Wildman–Crippen LogP) is 3.41. The smallest absolute Gasteiger partial charge is 0.0199 e. The fraction of sp³-hybridized carbons (Fsp3) is 0.500. The first-order valence-corrected chi connectivity index (χ1v) is 4.80. The van der Waals surface area contributed by atoms with E-state index < -0.39 is 0 Å². The van der Waals surface area contributed by atoms with Gasteiger partial charge >= 0.3 is 0 Å². The number of hydrogen-bond donors (Lipinski definition) is 1. The van der Waals surface area contributed by atoms with Crippen molar-refractivity contribution in [2.75, 3.05) is 0 Å². The van der Waals surface area contributed by atoms with Gasteiger partial charge in [0.15, 0.2) is 0 Å². The Labute approximate surface area is 82.2 Å². The zero-order valence-electron chi connectivity index (χ0n) is 9.39. The molecule has 0 aliphatic heterocycles. The van der Waals surface area contributed by atoms with E-state index >= 15 is 0 Å². The number of nitrogens with one attached hydrogen (secondary N) is 1. The lowest BCUT2D eigenvalue weighted by Crippen LogP contribution is -2.15. The van der Waals surface area contributed by atoms with Gasteiger partial charge < -0.3 is 5.32 Å². The van der Waals surface area contributed by atoms with E-state index in [1.807, 2.05) is 13.1 Å². The number of allylic oxidation sites excluding steroid dienone is 5. The molecule has 0 radical (unpaired) electrons. The van der Waals surface area contributed by atoms with Gasteiger partial charge in [-0.15, -0.1) is 0 Å². The van der Waals surface area contributed by atoms with E-state index in [1.54, 1.807) is 0 Å². The van der Waals surface area contributed by atoms with Crippen LogP contribution in [0.25, 0.3) is 0 Å². The van der Waals surface area contributed by atoms with Crippen LogP contribution in [0.2, 0.25) is 0 Å². The van der Waals surface area contributed by atoms with Gasteiger partial charge in [0.05, 0.1) is 0 Å². The minimum absolute atomic E-state index is 0.506. The average molecular weight is 179 g/mol. The number of rotatable bonds is 4. The van der Waals surface area contributed by atoms with Crippen molar-refractivity contribution >= 4 is 0 Å². The summed E-state index contributed by atoms with van der Waals surface area (Å²) in [6.45, 7) is 10.5. The Morgan fingerprint density at radius 1 is 1.08 bits per heavy atom. The van der Waals surface area contributed by atoms with Gasteiger partial charge in [0, 0.05) is 6.04 Å². The standard InChI is InChI=1S/C12H21N/c1-6-11(4)7-8-12(5)9-13-10(2)3/h6-10,13H,1-5H3/b8-7-,11-6+,12-9-. The molecule has 0 amide bonds. The van der Waals surface area contributed by atoms with E-state index in [1.165, 1.54) is 11.1 Å². The van der Waals surface area contributed by atoms with Crippen molar-refractivity contribution in [2.45, 2.75) is 40.7 Å². The second kappa shape index (κ2) is 6.53. The topological polar surface area (TPSA) is 12.0 Å². The van der Waals surface area contributed by atoms with E-state index in [0.29, 0.717) is 6.04 Å². The van der Waals surface area contributed by atoms with E-state index in [4.69, 9.17) is 0 Å². The first-order chi connectivity index (χ1) is 6.06. The maximum absolute atomic E-state index is 3.25. The molecule has 0 bridgehead atoms. The molecule has 0 aliphatic carbocycles. The Hall–Kier alpha value is -0.980. The summed E-state index contributed by atoms with van der Waals surface area (Å²) in [5.74, 6) is 0. The van der Waals surface area contributed by atoms with Gasteiger partial charge in [0.1, 0.15) is 0 Å². The van der Waals surface area contributed by atoms with Crippen molar-refractivity contribution in [3.63, 3.8) is 0 Å². The zero-order chi connectivity index (χ0) is 10.3. The molecule has 0 atom stereocenters. The van der Waals surface area contributed by atoms with Gasteiger partial charge in [-0.2, -0.15) is 0 Å². The Kier molecular flexibility index (Phi) is 6.03. The van der Waals surface area contributed by atoms with E-state index in [0.717, 1.165) is 0 Å². The maximum atomic E-state index is 3.25. The van der Waals surface area contributed by atoms with Gasteiger partial charge in [0.2, 0.25) is 0 Å². The third-order valence-electron chi connectivity index (χ3n) is 1.71. The van der Waals surface area contributed by atoms with Crippen LogP contribution in [0.1, 0.15) is 34.6 Å². The molecule has 0 fully saturated rings. The summed E-state index contributed by atoms with van der Waals surface area (Å²) in [6, 6.07) is 0.506. The Morgan fingerprint density at radius 2 is 1.62 bits per heavy atom. The summed E-state index contributed by atoms with van der Waals surface area (Å²) >= 11 is 0. The molecule has 0 aromatic carbocycles. The fourth-order valence-corrected chi connectivity index (χ4v) is 0.705. The molecule has 0 aliphatic rings. The highest BCUT2D eigenvalue weighted by molar-refractivity contribution is 5.24. The molecule has 1 nitrogen and oxygen atoms in total. The van der Waals surface area contributed by atoms with Crippen LogP contribution in [0.5, 0.6) is 0 Å². The van der Waals surface area contributed by atoms with Crippen molar-refractivity contribution in [3.8, 4) is 0 Å². The zero-order valence-corrected chi connectivity index (χ0v) is 9.39. The normalized spacial score (nSPS) is 14.3. The SMILES string of the molecule is C/C=C(C)/C=C\C(C)=C/NC(C)C. The molecule has 0 heterocycles. The largest absolute Gasteiger partial charge is 0.389 e. The molecule has 0 saturated heterocycles. The van der Waals surface area contributed by atoms with Crippen LogP contribution in [0.4, 0.5) is 0 Å². The van der Waals surface area contributed by atoms with Crippen molar-refractivity contribution < 1.29 is 0 Å². The van der Waals surface area contributed by atoms with Crippen LogP contribution in [-0.2, 0) is 0 Å². The lowest BCUT2D eigenvalue weighted by Gasteiger charge is -2.03. The molecular weight excluding hydrogens is 158 g/mol. The molecule has 1 N–H and O–H groups in total.